The fraction of sp³-hybridized carbons (Fsp3) is 0.143. The molecule has 3 aromatic rings. The third-order valence-corrected chi connectivity index (χ3v) is 3.84. The van der Waals surface area contributed by atoms with E-state index in [0.29, 0.717) is 10.0 Å². The molecule has 0 amide bonds. The number of rotatable bonds is 2. The molecule has 0 saturated heterocycles. The molecule has 0 radical (unpaired) electrons. The first-order chi connectivity index (χ1) is 9.20. The Balaban J connectivity index is 2.41. The molecular formula is C14H11Cl2N3. The Morgan fingerprint density at radius 1 is 1.26 bits per heavy atom. The summed E-state index contributed by atoms with van der Waals surface area (Å²) in [7, 11) is 0. The minimum absolute atomic E-state index is 0.496. The van der Waals surface area contributed by atoms with Crippen LogP contribution >= 0.6 is 23.2 Å². The van der Waals surface area contributed by atoms with E-state index in [2.05, 4.69) is 16.9 Å². The van der Waals surface area contributed by atoms with Crippen LogP contribution in [-0.2, 0) is 6.42 Å². The van der Waals surface area contributed by atoms with Crippen molar-refractivity contribution in [3.63, 3.8) is 0 Å². The largest absolute Gasteiger partial charge is 0.306 e. The van der Waals surface area contributed by atoms with Crippen molar-refractivity contribution in [1.82, 2.24) is 14.5 Å². The van der Waals surface area contributed by atoms with E-state index in [9.17, 15) is 0 Å². The molecule has 0 unspecified atom stereocenters. The van der Waals surface area contributed by atoms with Gasteiger partial charge in [0, 0.05) is 23.5 Å². The zero-order chi connectivity index (χ0) is 13.4. The quantitative estimate of drug-likeness (QED) is 0.705. The topological polar surface area (TPSA) is 30.7 Å². The number of aromatic nitrogens is 3. The molecule has 0 aliphatic heterocycles. The zero-order valence-electron chi connectivity index (χ0n) is 10.3. The first-order valence-corrected chi connectivity index (χ1v) is 6.72. The molecular weight excluding hydrogens is 281 g/mol. The van der Waals surface area contributed by atoms with Gasteiger partial charge in [0.2, 0.25) is 0 Å². The van der Waals surface area contributed by atoms with Gasteiger partial charge in [0.05, 0.1) is 27.6 Å². The molecule has 0 spiro atoms. The molecule has 0 N–H and O–H groups in total. The molecule has 2 aromatic heterocycles. The van der Waals surface area contributed by atoms with E-state index in [4.69, 9.17) is 23.2 Å². The Labute approximate surface area is 120 Å². The smallest absolute Gasteiger partial charge is 0.0991 e. The zero-order valence-corrected chi connectivity index (χ0v) is 11.8. The molecule has 0 atom stereocenters. The van der Waals surface area contributed by atoms with Gasteiger partial charge in [-0.1, -0.05) is 30.1 Å². The van der Waals surface area contributed by atoms with Gasteiger partial charge in [0.1, 0.15) is 0 Å². The molecule has 5 heteroatoms. The van der Waals surface area contributed by atoms with Crippen LogP contribution in [0.1, 0.15) is 12.6 Å². The lowest BCUT2D eigenvalue weighted by Crippen LogP contribution is -1.98. The highest BCUT2D eigenvalue weighted by atomic mass is 35.5. The fourth-order valence-electron chi connectivity index (χ4n) is 2.06. The van der Waals surface area contributed by atoms with Crippen LogP contribution < -0.4 is 0 Å². The Bertz CT molecular complexity index is 736. The second-order valence-corrected chi connectivity index (χ2v) is 5.00. The SMILES string of the molecule is CCc1cc(-n2ccnc2)c2ccc(Cl)c(Cl)c2n1. The maximum Gasteiger partial charge on any atom is 0.0991 e. The summed E-state index contributed by atoms with van der Waals surface area (Å²) < 4.78 is 1.95. The van der Waals surface area contributed by atoms with E-state index in [-0.39, 0.29) is 0 Å². The normalized spacial score (nSPS) is 11.1. The van der Waals surface area contributed by atoms with Gasteiger partial charge in [-0.15, -0.1) is 0 Å². The standard InChI is InChI=1S/C14H11Cl2N3/c1-2-9-7-12(19-6-5-17-8-19)10-3-4-11(15)13(16)14(10)18-9/h3-8H,2H2,1H3. The van der Waals surface area contributed by atoms with E-state index < -0.39 is 0 Å². The lowest BCUT2D eigenvalue weighted by Gasteiger charge is -2.11. The van der Waals surface area contributed by atoms with Crippen molar-refractivity contribution in [2.75, 3.05) is 0 Å². The molecule has 0 aliphatic carbocycles. The summed E-state index contributed by atoms with van der Waals surface area (Å²) in [5.74, 6) is 0. The molecule has 2 heterocycles. The van der Waals surface area contributed by atoms with Crippen LogP contribution in [0.2, 0.25) is 10.0 Å². The number of nitrogens with zero attached hydrogens (tertiary/aromatic N) is 3. The van der Waals surface area contributed by atoms with Crippen LogP contribution in [0.15, 0.2) is 36.9 Å². The number of pyridine rings is 1. The van der Waals surface area contributed by atoms with Crippen LogP contribution in [0, 0.1) is 0 Å². The van der Waals surface area contributed by atoms with Crippen LogP contribution in [0.4, 0.5) is 0 Å². The number of imidazole rings is 1. The summed E-state index contributed by atoms with van der Waals surface area (Å²) in [5, 5.41) is 1.98. The maximum atomic E-state index is 6.27. The molecule has 0 fully saturated rings. The summed E-state index contributed by atoms with van der Waals surface area (Å²) >= 11 is 12.3. The number of halogens is 2. The number of hydrogen-bond acceptors (Lipinski definition) is 2. The number of benzene rings is 1. The van der Waals surface area contributed by atoms with E-state index >= 15 is 0 Å². The molecule has 19 heavy (non-hydrogen) atoms. The monoisotopic (exact) mass is 291 g/mol. The molecule has 96 valence electrons. The van der Waals surface area contributed by atoms with Crippen LogP contribution in [0.5, 0.6) is 0 Å². The number of fused-ring (bicyclic) bond motifs is 1. The van der Waals surface area contributed by atoms with E-state index in [1.807, 2.05) is 22.9 Å². The van der Waals surface area contributed by atoms with Gasteiger partial charge in [0.15, 0.2) is 0 Å². The van der Waals surface area contributed by atoms with Gasteiger partial charge in [0.25, 0.3) is 0 Å². The second kappa shape index (κ2) is 4.83. The lowest BCUT2D eigenvalue weighted by molar-refractivity contribution is 1.02. The maximum absolute atomic E-state index is 6.27. The predicted octanol–water partition coefficient (Wildman–Crippen LogP) is 4.29. The molecule has 3 rings (SSSR count). The van der Waals surface area contributed by atoms with E-state index in [0.717, 1.165) is 28.7 Å². The average Bonchev–Trinajstić information content (AvgIpc) is 2.96. The minimum Gasteiger partial charge on any atom is -0.306 e. The highest BCUT2D eigenvalue weighted by Crippen LogP contribution is 2.32. The molecule has 0 saturated carbocycles. The summed E-state index contributed by atoms with van der Waals surface area (Å²) in [6.07, 6.45) is 6.24. The Hall–Kier alpha value is -1.58. The average molecular weight is 292 g/mol. The lowest BCUT2D eigenvalue weighted by atomic mass is 10.1. The number of hydrogen-bond donors (Lipinski definition) is 0. The summed E-state index contributed by atoms with van der Waals surface area (Å²) in [6, 6.07) is 5.78. The van der Waals surface area contributed by atoms with Crippen molar-refractivity contribution in [1.29, 1.82) is 0 Å². The van der Waals surface area contributed by atoms with Gasteiger partial charge in [-0.3, -0.25) is 4.98 Å². The molecule has 3 nitrogen and oxygen atoms in total. The summed E-state index contributed by atoms with van der Waals surface area (Å²) in [6.45, 7) is 2.06. The number of aryl methyl sites for hydroxylation is 1. The van der Waals surface area contributed by atoms with Crippen LogP contribution in [-0.4, -0.2) is 14.5 Å². The van der Waals surface area contributed by atoms with Crippen LogP contribution in [0.3, 0.4) is 0 Å². The highest BCUT2D eigenvalue weighted by molar-refractivity contribution is 6.45. The first-order valence-electron chi connectivity index (χ1n) is 5.96. The predicted molar refractivity (Wildman–Crippen MR) is 78.3 cm³/mol. The van der Waals surface area contributed by atoms with Crippen molar-refractivity contribution in [3.8, 4) is 5.69 Å². The van der Waals surface area contributed by atoms with E-state index in [1.54, 1.807) is 18.6 Å². The van der Waals surface area contributed by atoms with Gasteiger partial charge < -0.3 is 4.57 Å². The van der Waals surface area contributed by atoms with Crippen LogP contribution in [0.25, 0.3) is 16.6 Å². The summed E-state index contributed by atoms with van der Waals surface area (Å²) in [4.78, 5) is 8.66. The van der Waals surface area contributed by atoms with E-state index in [1.165, 1.54) is 0 Å². The third kappa shape index (κ3) is 2.09. The van der Waals surface area contributed by atoms with Crippen molar-refractivity contribution in [2.45, 2.75) is 13.3 Å². The molecule has 1 aromatic carbocycles. The Morgan fingerprint density at radius 2 is 2.11 bits per heavy atom. The first kappa shape index (κ1) is 12.5. The van der Waals surface area contributed by atoms with Gasteiger partial charge in [-0.25, -0.2) is 4.98 Å². The second-order valence-electron chi connectivity index (χ2n) is 4.21. The minimum atomic E-state index is 0.496. The van der Waals surface area contributed by atoms with Gasteiger partial charge >= 0.3 is 0 Å². The van der Waals surface area contributed by atoms with Crippen molar-refractivity contribution >= 4 is 34.1 Å². The van der Waals surface area contributed by atoms with Crippen molar-refractivity contribution in [3.05, 3.63) is 52.7 Å². The van der Waals surface area contributed by atoms with Gasteiger partial charge in [-0.05, 0) is 24.6 Å². The van der Waals surface area contributed by atoms with Gasteiger partial charge in [-0.2, -0.15) is 0 Å². The van der Waals surface area contributed by atoms with Crippen molar-refractivity contribution < 1.29 is 0 Å². The summed E-state index contributed by atoms with van der Waals surface area (Å²) in [5.41, 5.74) is 2.72. The Morgan fingerprint density at radius 3 is 2.79 bits per heavy atom. The fourth-order valence-corrected chi connectivity index (χ4v) is 2.42. The molecule has 0 bridgehead atoms. The highest BCUT2D eigenvalue weighted by Gasteiger charge is 2.11. The third-order valence-electron chi connectivity index (χ3n) is 3.05. The van der Waals surface area contributed by atoms with Crippen molar-refractivity contribution in [2.24, 2.45) is 0 Å². The molecule has 0 aliphatic rings. The Kier molecular flexibility index (Phi) is 3.17.